The zero-order valence-electron chi connectivity index (χ0n) is 13.3. The molecule has 23 heavy (non-hydrogen) atoms. The predicted molar refractivity (Wildman–Crippen MR) is 90.7 cm³/mol. The molecule has 0 saturated carbocycles. The summed E-state index contributed by atoms with van der Waals surface area (Å²) < 4.78 is 6.11. The smallest absolute Gasteiger partial charge is 0.352 e. The third-order valence-corrected chi connectivity index (χ3v) is 4.22. The number of aromatic carboxylic acids is 1. The van der Waals surface area contributed by atoms with E-state index in [2.05, 4.69) is 28.7 Å². The highest BCUT2D eigenvalue weighted by molar-refractivity contribution is 5.94. The number of hydrogen-bond acceptors (Lipinski definition) is 4. The van der Waals surface area contributed by atoms with Crippen molar-refractivity contribution in [1.29, 1.82) is 0 Å². The summed E-state index contributed by atoms with van der Waals surface area (Å²) in [6.07, 6.45) is 3.78. The van der Waals surface area contributed by atoms with Gasteiger partial charge in [-0.2, -0.15) is 0 Å². The number of aromatic nitrogens is 2. The Morgan fingerprint density at radius 2 is 2.13 bits per heavy atom. The minimum atomic E-state index is -0.991. The van der Waals surface area contributed by atoms with Crippen molar-refractivity contribution in [3.05, 3.63) is 24.0 Å². The standard InChI is InChI=1S/C16H21N3O3.ClH/c1-10(2)19-7-4-11(5-8-19)22-14-3-6-17-15-12(14)9-13(18-15)16(20)21;/h3,6,9-11H,4-5,7-8H2,1-2H3,(H,17,18)(H,20,21);1H. The van der Waals surface area contributed by atoms with Crippen molar-refractivity contribution in [2.75, 3.05) is 13.1 Å². The van der Waals surface area contributed by atoms with E-state index in [-0.39, 0.29) is 24.2 Å². The van der Waals surface area contributed by atoms with E-state index in [1.54, 1.807) is 18.3 Å². The van der Waals surface area contributed by atoms with Crippen LogP contribution >= 0.6 is 12.4 Å². The monoisotopic (exact) mass is 339 g/mol. The Morgan fingerprint density at radius 1 is 1.43 bits per heavy atom. The lowest BCUT2D eigenvalue weighted by atomic mass is 10.1. The van der Waals surface area contributed by atoms with Crippen LogP contribution in [0.15, 0.2) is 18.3 Å². The average Bonchev–Trinajstić information content (AvgIpc) is 2.93. The molecule has 0 radical (unpaired) electrons. The molecule has 0 amide bonds. The molecule has 6 nitrogen and oxygen atoms in total. The summed E-state index contributed by atoms with van der Waals surface area (Å²) in [5.74, 6) is -0.286. The van der Waals surface area contributed by atoms with E-state index in [0.29, 0.717) is 17.4 Å². The van der Waals surface area contributed by atoms with Gasteiger partial charge in [-0.15, -0.1) is 12.4 Å². The van der Waals surface area contributed by atoms with Crippen molar-refractivity contribution < 1.29 is 14.6 Å². The molecular weight excluding hydrogens is 318 g/mol. The first-order valence-electron chi connectivity index (χ1n) is 7.66. The molecule has 1 aliphatic heterocycles. The summed E-state index contributed by atoms with van der Waals surface area (Å²) in [4.78, 5) is 20.5. The van der Waals surface area contributed by atoms with Gasteiger partial charge in [0.05, 0.1) is 5.39 Å². The Kier molecular flexibility index (Phi) is 5.49. The largest absolute Gasteiger partial charge is 0.490 e. The summed E-state index contributed by atoms with van der Waals surface area (Å²) in [5, 5.41) is 9.80. The molecule has 2 aromatic heterocycles. The van der Waals surface area contributed by atoms with Crippen LogP contribution in [0.3, 0.4) is 0 Å². The highest BCUT2D eigenvalue weighted by Crippen LogP contribution is 2.28. The van der Waals surface area contributed by atoms with Gasteiger partial charge >= 0.3 is 5.97 Å². The van der Waals surface area contributed by atoms with Gasteiger partial charge in [-0.1, -0.05) is 0 Å². The van der Waals surface area contributed by atoms with Crippen LogP contribution < -0.4 is 4.74 Å². The molecule has 7 heteroatoms. The summed E-state index contributed by atoms with van der Waals surface area (Å²) >= 11 is 0. The number of carbonyl (C=O) groups is 1. The van der Waals surface area contributed by atoms with Crippen LogP contribution in [-0.4, -0.2) is 51.2 Å². The predicted octanol–water partition coefficient (Wildman–Crippen LogP) is 2.93. The highest BCUT2D eigenvalue weighted by Gasteiger charge is 2.23. The SMILES string of the molecule is CC(C)N1CCC(Oc2ccnc3[nH]c(C(=O)O)cc23)CC1.Cl. The van der Waals surface area contributed by atoms with E-state index < -0.39 is 5.97 Å². The van der Waals surface area contributed by atoms with Crippen LogP contribution in [-0.2, 0) is 0 Å². The molecule has 2 aromatic rings. The number of H-pyrrole nitrogens is 1. The lowest BCUT2D eigenvalue weighted by Crippen LogP contribution is -2.41. The molecule has 0 spiro atoms. The molecular formula is C16H22ClN3O3. The second-order valence-electron chi connectivity index (χ2n) is 6.01. The fourth-order valence-corrected chi connectivity index (χ4v) is 2.91. The number of carboxylic acid groups (broad SMARTS) is 1. The van der Waals surface area contributed by atoms with Gasteiger partial charge in [-0.3, -0.25) is 0 Å². The van der Waals surface area contributed by atoms with Gasteiger partial charge in [0.2, 0.25) is 0 Å². The maximum Gasteiger partial charge on any atom is 0.352 e. The van der Waals surface area contributed by atoms with Gasteiger partial charge in [-0.25, -0.2) is 9.78 Å². The third-order valence-electron chi connectivity index (χ3n) is 4.22. The number of rotatable bonds is 4. The fourth-order valence-electron chi connectivity index (χ4n) is 2.91. The Morgan fingerprint density at radius 3 is 2.74 bits per heavy atom. The maximum absolute atomic E-state index is 11.1. The Labute approximate surface area is 141 Å². The van der Waals surface area contributed by atoms with Gasteiger partial charge in [0.15, 0.2) is 0 Å². The Bertz CT molecular complexity index is 678. The summed E-state index contributed by atoms with van der Waals surface area (Å²) in [6, 6.07) is 3.95. The molecule has 3 rings (SSSR count). The second kappa shape index (κ2) is 7.19. The quantitative estimate of drug-likeness (QED) is 0.895. The molecule has 3 heterocycles. The fraction of sp³-hybridized carbons (Fsp3) is 0.500. The van der Waals surface area contributed by atoms with Crippen molar-refractivity contribution in [2.24, 2.45) is 0 Å². The number of nitrogens with one attached hydrogen (secondary N) is 1. The highest BCUT2D eigenvalue weighted by atomic mass is 35.5. The number of piperidine rings is 1. The van der Waals surface area contributed by atoms with Crippen LogP contribution in [0.4, 0.5) is 0 Å². The van der Waals surface area contributed by atoms with E-state index in [9.17, 15) is 4.79 Å². The molecule has 1 fully saturated rings. The van der Waals surface area contributed by atoms with Gasteiger partial charge in [0.1, 0.15) is 23.2 Å². The topological polar surface area (TPSA) is 78.5 Å². The Balaban J connectivity index is 0.00000192. The average molecular weight is 340 g/mol. The molecule has 0 aromatic carbocycles. The molecule has 0 atom stereocenters. The van der Waals surface area contributed by atoms with Crippen LogP contribution in [0.2, 0.25) is 0 Å². The van der Waals surface area contributed by atoms with Gasteiger partial charge < -0.3 is 19.7 Å². The maximum atomic E-state index is 11.1. The van der Waals surface area contributed by atoms with Crippen LogP contribution in [0.25, 0.3) is 11.0 Å². The zero-order valence-corrected chi connectivity index (χ0v) is 14.1. The summed E-state index contributed by atoms with van der Waals surface area (Å²) in [6.45, 7) is 6.48. The number of carboxylic acids is 1. The number of aromatic amines is 1. The van der Waals surface area contributed by atoms with Crippen molar-refractivity contribution in [3.63, 3.8) is 0 Å². The first kappa shape index (κ1) is 17.6. The Hall–Kier alpha value is -1.79. The van der Waals surface area contributed by atoms with Crippen molar-refractivity contribution in [1.82, 2.24) is 14.9 Å². The van der Waals surface area contributed by atoms with Gasteiger partial charge in [0, 0.05) is 25.3 Å². The van der Waals surface area contributed by atoms with Crippen molar-refractivity contribution in [3.8, 4) is 5.75 Å². The molecule has 2 N–H and O–H groups in total. The molecule has 1 aliphatic rings. The first-order valence-corrected chi connectivity index (χ1v) is 7.66. The lowest BCUT2D eigenvalue weighted by Gasteiger charge is -2.34. The van der Waals surface area contributed by atoms with Crippen LogP contribution in [0, 0.1) is 0 Å². The van der Waals surface area contributed by atoms with Crippen molar-refractivity contribution in [2.45, 2.75) is 38.8 Å². The number of halogens is 1. The minimum Gasteiger partial charge on any atom is -0.490 e. The molecule has 0 unspecified atom stereocenters. The molecule has 0 bridgehead atoms. The molecule has 126 valence electrons. The van der Waals surface area contributed by atoms with Crippen LogP contribution in [0.1, 0.15) is 37.2 Å². The molecule has 1 saturated heterocycles. The lowest BCUT2D eigenvalue weighted by molar-refractivity contribution is 0.0691. The van der Waals surface area contributed by atoms with E-state index in [1.807, 2.05) is 0 Å². The normalized spacial score (nSPS) is 16.5. The van der Waals surface area contributed by atoms with E-state index >= 15 is 0 Å². The number of nitrogens with zero attached hydrogens (tertiary/aromatic N) is 2. The van der Waals surface area contributed by atoms with E-state index in [4.69, 9.17) is 9.84 Å². The number of pyridine rings is 1. The summed E-state index contributed by atoms with van der Waals surface area (Å²) in [5.41, 5.74) is 0.683. The second-order valence-corrected chi connectivity index (χ2v) is 6.01. The van der Waals surface area contributed by atoms with Crippen LogP contribution in [0.5, 0.6) is 5.75 Å². The number of ether oxygens (including phenoxy) is 1. The number of fused-ring (bicyclic) bond motifs is 1. The van der Waals surface area contributed by atoms with E-state index in [0.717, 1.165) is 31.3 Å². The first-order chi connectivity index (χ1) is 10.5. The van der Waals surface area contributed by atoms with Gasteiger partial charge in [-0.05, 0) is 38.8 Å². The molecule has 0 aliphatic carbocycles. The van der Waals surface area contributed by atoms with E-state index in [1.165, 1.54) is 0 Å². The summed E-state index contributed by atoms with van der Waals surface area (Å²) in [7, 11) is 0. The van der Waals surface area contributed by atoms with Crippen molar-refractivity contribution >= 4 is 29.4 Å². The number of likely N-dealkylation sites (tertiary alicyclic amines) is 1. The van der Waals surface area contributed by atoms with Gasteiger partial charge in [0.25, 0.3) is 0 Å². The number of hydrogen-bond donors (Lipinski definition) is 2. The third kappa shape index (κ3) is 3.76. The zero-order chi connectivity index (χ0) is 15.7. The minimum absolute atomic E-state index is 0.